The Morgan fingerprint density at radius 3 is 2.62 bits per heavy atom. The summed E-state index contributed by atoms with van der Waals surface area (Å²) in [6.45, 7) is 1.21. The third kappa shape index (κ3) is 6.26. The van der Waals surface area contributed by atoms with Crippen LogP contribution in [-0.2, 0) is 16.4 Å². The number of hydrogen-bond donors (Lipinski definition) is 1. The molecular formula is C8H16ClN3O2S2. The number of aromatic nitrogens is 1. The molecular weight excluding hydrogens is 270 g/mol. The first-order valence-corrected chi connectivity index (χ1v) is 7.31. The zero-order valence-corrected chi connectivity index (χ0v) is 11.7. The van der Waals surface area contributed by atoms with Gasteiger partial charge in [-0.05, 0) is 7.05 Å². The van der Waals surface area contributed by atoms with Crippen LogP contribution in [0.4, 0.5) is 5.13 Å². The molecule has 0 atom stereocenters. The van der Waals surface area contributed by atoms with Gasteiger partial charge in [0.1, 0.15) is 9.84 Å². The molecule has 0 fully saturated rings. The predicted octanol–water partition coefficient (Wildman–Crippen LogP) is 0.623. The molecule has 0 aromatic carbocycles. The van der Waals surface area contributed by atoms with E-state index in [2.05, 4.69) is 4.98 Å². The van der Waals surface area contributed by atoms with Crippen LogP contribution >= 0.6 is 23.7 Å². The van der Waals surface area contributed by atoms with Gasteiger partial charge in [0.2, 0.25) is 0 Å². The van der Waals surface area contributed by atoms with E-state index in [1.165, 1.54) is 17.6 Å². The van der Waals surface area contributed by atoms with Crippen molar-refractivity contribution in [1.82, 2.24) is 9.88 Å². The van der Waals surface area contributed by atoms with Crippen molar-refractivity contribution in [3.8, 4) is 0 Å². The summed E-state index contributed by atoms with van der Waals surface area (Å²) in [6.07, 6.45) is 2.96. The van der Waals surface area contributed by atoms with E-state index < -0.39 is 9.84 Å². The second-order valence-electron chi connectivity index (χ2n) is 3.53. The number of halogens is 1. The zero-order chi connectivity index (χ0) is 11.5. The molecule has 0 aliphatic heterocycles. The fraction of sp³-hybridized carbons (Fsp3) is 0.625. The van der Waals surface area contributed by atoms with E-state index in [1.807, 2.05) is 11.9 Å². The lowest BCUT2D eigenvalue weighted by atomic mass is 10.5. The quantitative estimate of drug-likeness (QED) is 0.858. The van der Waals surface area contributed by atoms with Crippen LogP contribution in [0.15, 0.2) is 6.20 Å². The number of nitrogens with two attached hydrogens (primary N) is 1. The average Bonchev–Trinajstić information content (AvgIpc) is 2.47. The van der Waals surface area contributed by atoms with Gasteiger partial charge in [-0.3, -0.25) is 0 Å². The zero-order valence-electron chi connectivity index (χ0n) is 9.21. The van der Waals surface area contributed by atoms with E-state index in [9.17, 15) is 8.42 Å². The Bertz CT molecular complexity index is 419. The molecule has 94 valence electrons. The Morgan fingerprint density at radius 1 is 1.56 bits per heavy atom. The number of nitrogen functional groups attached to an aromatic ring is 1. The van der Waals surface area contributed by atoms with E-state index in [4.69, 9.17) is 5.73 Å². The molecule has 0 saturated carbocycles. The van der Waals surface area contributed by atoms with Gasteiger partial charge in [-0.2, -0.15) is 0 Å². The highest BCUT2D eigenvalue weighted by atomic mass is 35.5. The monoisotopic (exact) mass is 285 g/mol. The van der Waals surface area contributed by atoms with Crippen molar-refractivity contribution in [2.45, 2.75) is 6.54 Å². The summed E-state index contributed by atoms with van der Waals surface area (Å²) >= 11 is 1.42. The molecule has 0 amide bonds. The molecule has 1 aromatic rings. The van der Waals surface area contributed by atoms with Gasteiger partial charge in [0, 0.05) is 30.4 Å². The van der Waals surface area contributed by atoms with Gasteiger partial charge < -0.3 is 10.6 Å². The lowest BCUT2D eigenvalue weighted by molar-refractivity contribution is 0.349. The molecule has 0 bridgehead atoms. The second-order valence-corrected chi connectivity index (χ2v) is 6.94. The van der Waals surface area contributed by atoms with Crippen molar-refractivity contribution >= 4 is 38.7 Å². The topological polar surface area (TPSA) is 76.3 Å². The predicted molar refractivity (Wildman–Crippen MR) is 69.8 cm³/mol. The van der Waals surface area contributed by atoms with Gasteiger partial charge in [-0.1, -0.05) is 0 Å². The smallest absolute Gasteiger partial charge is 0.180 e. The van der Waals surface area contributed by atoms with Crippen molar-refractivity contribution in [1.29, 1.82) is 0 Å². The first-order chi connectivity index (χ1) is 6.87. The average molecular weight is 286 g/mol. The number of nitrogens with zero attached hydrogens (tertiary/aromatic N) is 2. The Morgan fingerprint density at radius 2 is 2.19 bits per heavy atom. The van der Waals surface area contributed by atoms with Gasteiger partial charge in [0.25, 0.3) is 0 Å². The SMILES string of the molecule is CN(CCS(C)(=O)=O)Cc1cnc(N)s1.Cl. The maximum Gasteiger partial charge on any atom is 0.180 e. The number of anilines is 1. The van der Waals surface area contributed by atoms with Crippen molar-refractivity contribution in [3.63, 3.8) is 0 Å². The number of rotatable bonds is 5. The Labute approximate surface area is 106 Å². The fourth-order valence-corrected chi connectivity index (χ4v) is 2.47. The Kier molecular flexibility index (Phi) is 6.24. The van der Waals surface area contributed by atoms with Crippen molar-refractivity contribution < 1.29 is 8.42 Å². The summed E-state index contributed by atoms with van der Waals surface area (Å²) in [5.74, 6) is 0.178. The molecule has 8 heteroatoms. The van der Waals surface area contributed by atoms with Crippen molar-refractivity contribution in [2.24, 2.45) is 0 Å². The Hall–Kier alpha value is -0.370. The van der Waals surface area contributed by atoms with Crippen LogP contribution in [0.25, 0.3) is 0 Å². The maximum absolute atomic E-state index is 10.9. The van der Waals surface area contributed by atoms with Crippen LogP contribution in [-0.4, -0.2) is 43.9 Å². The summed E-state index contributed by atoms with van der Waals surface area (Å²) in [4.78, 5) is 6.91. The Balaban J connectivity index is 0.00000225. The normalized spacial score (nSPS) is 11.4. The van der Waals surface area contributed by atoms with Crippen LogP contribution in [0.5, 0.6) is 0 Å². The third-order valence-corrected chi connectivity index (χ3v) is 3.58. The molecule has 0 saturated heterocycles. The molecule has 0 radical (unpaired) electrons. The van der Waals surface area contributed by atoms with E-state index in [0.29, 0.717) is 18.2 Å². The first kappa shape index (κ1) is 15.6. The van der Waals surface area contributed by atoms with Gasteiger partial charge in [-0.25, -0.2) is 13.4 Å². The van der Waals surface area contributed by atoms with Crippen LogP contribution in [0.2, 0.25) is 0 Å². The molecule has 1 heterocycles. The highest BCUT2D eigenvalue weighted by Gasteiger charge is 2.07. The van der Waals surface area contributed by atoms with Crippen LogP contribution in [0.1, 0.15) is 4.88 Å². The highest BCUT2D eigenvalue weighted by Crippen LogP contribution is 2.15. The van der Waals surface area contributed by atoms with Gasteiger partial charge >= 0.3 is 0 Å². The lowest BCUT2D eigenvalue weighted by Crippen LogP contribution is -2.24. The molecule has 0 spiro atoms. The number of hydrogen-bond acceptors (Lipinski definition) is 6. The minimum atomic E-state index is -2.88. The van der Waals surface area contributed by atoms with E-state index in [-0.39, 0.29) is 18.2 Å². The van der Waals surface area contributed by atoms with E-state index >= 15 is 0 Å². The number of sulfone groups is 1. The molecule has 5 nitrogen and oxygen atoms in total. The van der Waals surface area contributed by atoms with Crippen molar-refractivity contribution in [2.75, 3.05) is 31.3 Å². The van der Waals surface area contributed by atoms with Crippen LogP contribution < -0.4 is 5.73 Å². The summed E-state index contributed by atoms with van der Waals surface area (Å²) in [6, 6.07) is 0. The molecule has 0 unspecified atom stereocenters. The minimum absolute atomic E-state index is 0. The van der Waals surface area contributed by atoms with Gasteiger partial charge in [0.05, 0.1) is 5.75 Å². The van der Waals surface area contributed by atoms with Crippen LogP contribution in [0.3, 0.4) is 0 Å². The van der Waals surface area contributed by atoms with Gasteiger partial charge in [-0.15, -0.1) is 23.7 Å². The molecule has 0 aliphatic carbocycles. The second kappa shape index (κ2) is 6.39. The third-order valence-electron chi connectivity index (χ3n) is 1.84. The number of thiazole rings is 1. The molecule has 1 rings (SSSR count). The highest BCUT2D eigenvalue weighted by molar-refractivity contribution is 7.90. The lowest BCUT2D eigenvalue weighted by Gasteiger charge is -2.13. The summed E-state index contributed by atoms with van der Waals surface area (Å²) < 4.78 is 21.9. The maximum atomic E-state index is 10.9. The fourth-order valence-electron chi connectivity index (χ4n) is 1.06. The summed E-state index contributed by atoms with van der Waals surface area (Å²) in [5, 5.41) is 0.543. The molecule has 1 aromatic heterocycles. The summed E-state index contributed by atoms with van der Waals surface area (Å²) in [7, 11) is -1.01. The van der Waals surface area contributed by atoms with E-state index in [1.54, 1.807) is 6.20 Å². The molecule has 0 aliphatic rings. The first-order valence-electron chi connectivity index (χ1n) is 4.43. The molecule has 16 heavy (non-hydrogen) atoms. The summed E-state index contributed by atoms with van der Waals surface area (Å²) in [5.41, 5.74) is 5.49. The standard InChI is InChI=1S/C8H15N3O2S2.ClH/c1-11(3-4-15(2,12)13)6-7-5-10-8(9)14-7;/h5H,3-4,6H2,1-2H3,(H2,9,10);1H. The minimum Gasteiger partial charge on any atom is -0.375 e. The van der Waals surface area contributed by atoms with E-state index in [0.717, 1.165) is 4.88 Å². The van der Waals surface area contributed by atoms with Crippen molar-refractivity contribution in [3.05, 3.63) is 11.1 Å². The largest absolute Gasteiger partial charge is 0.375 e. The molecule has 2 N–H and O–H groups in total. The van der Waals surface area contributed by atoms with Crippen LogP contribution in [0, 0.1) is 0 Å². The van der Waals surface area contributed by atoms with Gasteiger partial charge in [0.15, 0.2) is 5.13 Å².